The molecule has 2 saturated heterocycles. The van der Waals surface area contributed by atoms with Gasteiger partial charge in [0.1, 0.15) is 5.82 Å². The third-order valence-corrected chi connectivity index (χ3v) is 9.38. The molecule has 2 aliphatic heterocycles. The van der Waals surface area contributed by atoms with Crippen molar-refractivity contribution in [2.45, 2.75) is 50.8 Å². The molecule has 2 aromatic carbocycles. The lowest BCUT2D eigenvalue weighted by molar-refractivity contribution is -0.120. The molecular formula is C28H34N4O3S. The van der Waals surface area contributed by atoms with Crippen molar-refractivity contribution in [3.05, 3.63) is 59.7 Å². The van der Waals surface area contributed by atoms with Crippen LogP contribution in [0, 0.1) is 19.8 Å². The van der Waals surface area contributed by atoms with Gasteiger partial charge in [-0.2, -0.15) is 4.31 Å². The van der Waals surface area contributed by atoms with Gasteiger partial charge < -0.3 is 10.2 Å². The first-order chi connectivity index (χ1) is 17.3. The Balaban J connectivity index is 1.30. The molecule has 0 spiro atoms. The minimum Gasteiger partial charge on any atom is -0.356 e. The highest BCUT2D eigenvalue weighted by Gasteiger charge is 2.28. The fourth-order valence-corrected chi connectivity index (χ4v) is 6.70. The minimum atomic E-state index is -3.48. The number of benzene rings is 2. The Hall–Kier alpha value is -2.97. The van der Waals surface area contributed by atoms with Crippen LogP contribution in [0.15, 0.2) is 53.4 Å². The van der Waals surface area contributed by atoms with Gasteiger partial charge >= 0.3 is 0 Å². The molecule has 190 valence electrons. The van der Waals surface area contributed by atoms with Crippen LogP contribution >= 0.6 is 0 Å². The first-order valence-corrected chi connectivity index (χ1v) is 14.3. The van der Waals surface area contributed by atoms with E-state index in [1.54, 1.807) is 22.5 Å². The lowest BCUT2D eigenvalue weighted by Gasteiger charge is -2.33. The molecule has 8 heteroatoms. The van der Waals surface area contributed by atoms with Gasteiger partial charge in [-0.15, -0.1) is 0 Å². The Morgan fingerprint density at radius 2 is 1.72 bits per heavy atom. The number of carbonyl (C=O) groups is 1. The van der Waals surface area contributed by atoms with Crippen molar-refractivity contribution in [3.8, 4) is 0 Å². The predicted octanol–water partition coefficient (Wildman–Crippen LogP) is 4.88. The maximum atomic E-state index is 13.1. The lowest BCUT2D eigenvalue weighted by atomic mass is 9.96. The van der Waals surface area contributed by atoms with Crippen LogP contribution in [-0.4, -0.2) is 49.8 Å². The number of sulfonamides is 1. The van der Waals surface area contributed by atoms with Gasteiger partial charge in [-0.05, 0) is 93.1 Å². The fraction of sp³-hybridized carbons (Fsp3) is 0.429. The number of fused-ring (bicyclic) bond motifs is 1. The second-order valence-corrected chi connectivity index (χ2v) is 12.0. The summed E-state index contributed by atoms with van der Waals surface area (Å²) in [6, 6.07) is 15.0. The van der Waals surface area contributed by atoms with Crippen LogP contribution in [0.5, 0.6) is 0 Å². The number of nitrogens with one attached hydrogen (secondary N) is 1. The Bertz CT molecular complexity index is 1380. The zero-order valence-corrected chi connectivity index (χ0v) is 21.9. The van der Waals surface area contributed by atoms with Crippen molar-refractivity contribution < 1.29 is 13.2 Å². The van der Waals surface area contributed by atoms with E-state index in [9.17, 15) is 13.2 Å². The maximum absolute atomic E-state index is 13.1. The largest absolute Gasteiger partial charge is 0.356 e. The fourth-order valence-electron chi connectivity index (χ4n) is 5.15. The van der Waals surface area contributed by atoms with Gasteiger partial charge in [-0.25, -0.2) is 13.4 Å². The number of anilines is 2. The van der Waals surface area contributed by atoms with E-state index in [0.29, 0.717) is 24.5 Å². The molecule has 36 heavy (non-hydrogen) atoms. The highest BCUT2D eigenvalue weighted by atomic mass is 32.2. The van der Waals surface area contributed by atoms with Gasteiger partial charge in [0.25, 0.3) is 0 Å². The molecule has 2 fully saturated rings. The molecule has 1 N–H and O–H groups in total. The molecule has 1 aromatic heterocycles. The van der Waals surface area contributed by atoms with E-state index < -0.39 is 10.0 Å². The molecule has 3 heterocycles. The van der Waals surface area contributed by atoms with Crippen LogP contribution in [-0.2, 0) is 14.8 Å². The van der Waals surface area contributed by atoms with E-state index in [0.717, 1.165) is 66.6 Å². The Morgan fingerprint density at radius 1 is 0.917 bits per heavy atom. The number of piperidine rings is 2. The van der Waals surface area contributed by atoms with Gasteiger partial charge in [0.15, 0.2) is 0 Å². The normalized spacial score (nSPS) is 19.4. The predicted molar refractivity (Wildman–Crippen MR) is 144 cm³/mol. The molecule has 0 aliphatic carbocycles. The summed E-state index contributed by atoms with van der Waals surface area (Å²) < 4.78 is 27.7. The number of nitrogens with zero attached hydrogens (tertiary/aromatic N) is 3. The summed E-state index contributed by atoms with van der Waals surface area (Å²) in [6.45, 7) is 6.73. The monoisotopic (exact) mass is 506 g/mol. The number of aromatic nitrogens is 1. The van der Waals surface area contributed by atoms with E-state index in [1.807, 2.05) is 37.3 Å². The number of rotatable bonds is 5. The van der Waals surface area contributed by atoms with E-state index in [4.69, 9.17) is 4.98 Å². The summed E-state index contributed by atoms with van der Waals surface area (Å²) in [6.07, 6.45) is 4.67. The van der Waals surface area contributed by atoms with Crippen molar-refractivity contribution in [2.75, 3.05) is 36.4 Å². The number of pyridine rings is 1. The second kappa shape index (κ2) is 10.2. The summed E-state index contributed by atoms with van der Waals surface area (Å²) in [7, 11) is -3.48. The average Bonchev–Trinajstić information content (AvgIpc) is 2.90. The topological polar surface area (TPSA) is 82.6 Å². The Kier molecular flexibility index (Phi) is 6.99. The molecule has 7 nitrogen and oxygen atoms in total. The second-order valence-electron chi connectivity index (χ2n) is 10.1. The maximum Gasteiger partial charge on any atom is 0.243 e. The summed E-state index contributed by atoms with van der Waals surface area (Å²) in [5, 5.41) is 3.89. The summed E-state index contributed by atoms with van der Waals surface area (Å²) in [5.41, 5.74) is 3.95. The van der Waals surface area contributed by atoms with Crippen LogP contribution in [0.4, 0.5) is 11.5 Å². The molecule has 0 saturated carbocycles. The average molecular weight is 507 g/mol. The molecule has 1 amide bonds. The quantitative estimate of drug-likeness (QED) is 0.533. The summed E-state index contributed by atoms with van der Waals surface area (Å²) >= 11 is 0. The highest BCUT2D eigenvalue weighted by Crippen LogP contribution is 2.28. The molecule has 3 aromatic rings. The van der Waals surface area contributed by atoms with E-state index in [-0.39, 0.29) is 11.8 Å². The Morgan fingerprint density at radius 3 is 2.50 bits per heavy atom. The van der Waals surface area contributed by atoms with Gasteiger partial charge in [-0.1, -0.05) is 12.5 Å². The number of hydrogen-bond donors (Lipinski definition) is 1. The lowest BCUT2D eigenvalue weighted by Crippen LogP contribution is -2.41. The first kappa shape index (κ1) is 24.7. The van der Waals surface area contributed by atoms with Crippen molar-refractivity contribution >= 4 is 38.3 Å². The molecule has 0 bridgehead atoms. The molecule has 0 unspecified atom stereocenters. The SMILES string of the molecule is Cc1ccc(NC(=O)[C@H]2CCCN(c3ccc4cc(S(=O)(=O)N5CCCCC5)ccc4n3)C2)cc1C. The third kappa shape index (κ3) is 5.11. The molecule has 1 atom stereocenters. The van der Waals surface area contributed by atoms with Gasteiger partial charge in [0.05, 0.1) is 16.3 Å². The van der Waals surface area contributed by atoms with Crippen LogP contribution in [0.3, 0.4) is 0 Å². The van der Waals surface area contributed by atoms with E-state index >= 15 is 0 Å². The van der Waals surface area contributed by atoms with Gasteiger partial charge in [0, 0.05) is 37.3 Å². The number of carbonyl (C=O) groups excluding carboxylic acids is 1. The first-order valence-electron chi connectivity index (χ1n) is 12.9. The zero-order chi connectivity index (χ0) is 25.3. The van der Waals surface area contributed by atoms with Crippen molar-refractivity contribution in [3.63, 3.8) is 0 Å². The van der Waals surface area contributed by atoms with Crippen molar-refractivity contribution in [1.82, 2.24) is 9.29 Å². The van der Waals surface area contributed by atoms with Crippen LogP contribution in [0.25, 0.3) is 10.9 Å². The molecule has 2 aliphatic rings. The molecule has 5 rings (SSSR count). The number of hydrogen-bond acceptors (Lipinski definition) is 5. The van der Waals surface area contributed by atoms with Crippen molar-refractivity contribution in [1.29, 1.82) is 0 Å². The summed E-state index contributed by atoms with van der Waals surface area (Å²) in [4.78, 5) is 20.3. The molecule has 0 radical (unpaired) electrons. The van der Waals surface area contributed by atoms with Crippen molar-refractivity contribution in [2.24, 2.45) is 5.92 Å². The van der Waals surface area contributed by atoms with E-state index in [1.165, 1.54) is 5.56 Å². The van der Waals surface area contributed by atoms with Crippen LogP contribution < -0.4 is 10.2 Å². The van der Waals surface area contributed by atoms with Crippen LogP contribution in [0.1, 0.15) is 43.2 Å². The Labute approximate surface area is 213 Å². The van der Waals surface area contributed by atoms with Crippen LogP contribution in [0.2, 0.25) is 0 Å². The minimum absolute atomic E-state index is 0.0382. The smallest absolute Gasteiger partial charge is 0.243 e. The number of aryl methyl sites for hydroxylation is 2. The molecular weight excluding hydrogens is 472 g/mol. The van der Waals surface area contributed by atoms with Gasteiger partial charge in [-0.3, -0.25) is 4.79 Å². The third-order valence-electron chi connectivity index (χ3n) is 7.49. The van der Waals surface area contributed by atoms with Gasteiger partial charge in [0.2, 0.25) is 15.9 Å². The standard InChI is InChI=1S/C28H34N4O3S/c1-20-8-10-24(17-21(20)2)29-28(33)23-7-6-14-31(19-23)27-13-9-22-18-25(11-12-26(22)30-27)36(34,35)32-15-4-3-5-16-32/h8-13,17-18,23H,3-7,14-16,19H2,1-2H3,(H,29,33)/t23-/m0/s1. The van der Waals surface area contributed by atoms with E-state index in [2.05, 4.69) is 17.1 Å². The highest BCUT2D eigenvalue weighted by molar-refractivity contribution is 7.89. The number of amides is 1. The summed E-state index contributed by atoms with van der Waals surface area (Å²) in [5.74, 6) is 0.740. The zero-order valence-electron chi connectivity index (χ0n) is 21.0.